The Kier molecular flexibility index (Phi) is 6.07. The molecule has 0 aromatic rings. The van der Waals surface area contributed by atoms with Gasteiger partial charge in [0.1, 0.15) is 0 Å². The minimum absolute atomic E-state index is 0.106. The van der Waals surface area contributed by atoms with E-state index < -0.39 is 23.6 Å². The molecule has 0 rings (SSSR count). The zero-order chi connectivity index (χ0) is 13.5. The average Bonchev–Trinajstić information content (AvgIpc) is 2.23. The number of urea groups is 1. The number of carboxylic acids is 1. The number of carbonyl (C=O) groups is 2. The van der Waals surface area contributed by atoms with Crippen LogP contribution in [0.15, 0.2) is 0 Å². The number of terminal acetylenes is 1. The van der Waals surface area contributed by atoms with E-state index in [2.05, 4.69) is 16.6 Å². The first kappa shape index (κ1) is 15.3. The minimum Gasteiger partial charge on any atom is -0.481 e. The van der Waals surface area contributed by atoms with E-state index in [0.29, 0.717) is 0 Å². The quantitative estimate of drug-likeness (QED) is 0.580. The monoisotopic (exact) mass is 242 g/mol. The average molecular weight is 242 g/mol. The maximum Gasteiger partial charge on any atom is 0.316 e. The molecule has 0 heterocycles. The van der Waals surface area contributed by atoms with Gasteiger partial charge in [0.05, 0.1) is 18.1 Å². The van der Waals surface area contributed by atoms with Gasteiger partial charge in [0, 0.05) is 13.7 Å². The third-order valence-corrected chi connectivity index (χ3v) is 2.01. The van der Waals surface area contributed by atoms with Gasteiger partial charge in [-0.3, -0.25) is 4.79 Å². The van der Waals surface area contributed by atoms with Crippen LogP contribution in [0.2, 0.25) is 0 Å². The van der Waals surface area contributed by atoms with Gasteiger partial charge in [-0.05, 0) is 13.8 Å². The second kappa shape index (κ2) is 6.76. The lowest BCUT2D eigenvalue weighted by Crippen LogP contribution is -2.49. The topological polar surface area (TPSA) is 87.7 Å². The van der Waals surface area contributed by atoms with Gasteiger partial charge >= 0.3 is 12.0 Å². The van der Waals surface area contributed by atoms with Crippen LogP contribution < -0.4 is 10.6 Å². The number of carboxylic acid groups (broad SMARTS) is 1. The van der Waals surface area contributed by atoms with Gasteiger partial charge in [-0.2, -0.15) is 0 Å². The summed E-state index contributed by atoms with van der Waals surface area (Å²) in [5, 5.41) is 13.6. The number of hydrogen-bond acceptors (Lipinski definition) is 3. The summed E-state index contributed by atoms with van der Waals surface area (Å²) in [7, 11) is 1.39. The molecule has 0 radical (unpaired) electrons. The van der Waals surface area contributed by atoms with E-state index in [1.54, 1.807) is 13.8 Å². The van der Waals surface area contributed by atoms with Crippen molar-refractivity contribution in [3.63, 3.8) is 0 Å². The Hall–Kier alpha value is -1.74. The van der Waals surface area contributed by atoms with E-state index in [0.717, 1.165) is 0 Å². The fourth-order valence-electron chi connectivity index (χ4n) is 1.00. The number of rotatable bonds is 6. The molecule has 0 aliphatic carbocycles. The molecule has 6 nitrogen and oxygen atoms in total. The van der Waals surface area contributed by atoms with Gasteiger partial charge in [-0.15, -0.1) is 6.42 Å². The van der Waals surface area contributed by atoms with E-state index in [4.69, 9.17) is 16.3 Å². The Bertz CT molecular complexity index is 320. The number of aliphatic carboxylic acids is 1. The molecule has 17 heavy (non-hydrogen) atoms. The van der Waals surface area contributed by atoms with Crippen LogP contribution in [-0.2, 0) is 9.53 Å². The molecule has 0 spiro atoms. The fourth-order valence-corrected chi connectivity index (χ4v) is 1.00. The highest BCUT2D eigenvalue weighted by Crippen LogP contribution is 1.99. The van der Waals surface area contributed by atoms with Crippen LogP contribution in [0.5, 0.6) is 0 Å². The summed E-state index contributed by atoms with van der Waals surface area (Å²) >= 11 is 0. The molecule has 0 aliphatic heterocycles. The molecule has 96 valence electrons. The summed E-state index contributed by atoms with van der Waals surface area (Å²) in [6.07, 6.45) is 4.47. The number of carbonyl (C=O) groups excluding carboxylic acids is 1. The zero-order valence-corrected chi connectivity index (χ0v) is 10.2. The smallest absolute Gasteiger partial charge is 0.316 e. The molecular weight excluding hydrogens is 224 g/mol. The van der Waals surface area contributed by atoms with Crippen molar-refractivity contribution in [2.45, 2.75) is 31.9 Å². The molecule has 0 bridgehead atoms. The molecule has 0 saturated heterocycles. The molecular formula is C11H18N2O4. The molecule has 6 heteroatoms. The van der Waals surface area contributed by atoms with Crippen molar-refractivity contribution in [3.05, 3.63) is 0 Å². The van der Waals surface area contributed by atoms with Crippen molar-refractivity contribution in [3.8, 4) is 12.3 Å². The van der Waals surface area contributed by atoms with Crippen molar-refractivity contribution in [1.82, 2.24) is 10.6 Å². The van der Waals surface area contributed by atoms with Crippen molar-refractivity contribution < 1.29 is 19.4 Å². The minimum atomic E-state index is -0.983. The molecule has 0 fully saturated rings. The van der Waals surface area contributed by atoms with Gasteiger partial charge < -0.3 is 20.5 Å². The van der Waals surface area contributed by atoms with Gasteiger partial charge in [0.15, 0.2) is 0 Å². The maximum atomic E-state index is 11.4. The lowest BCUT2D eigenvalue weighted by molar-refractivity contribution is -0.139. The van der Waals surface area contributed by atoms with Crippen LogP contribution in [0.25, 0.3) is 0 Å². The molecule has 0 aliphatic rings. The van der Waals surface area contributed by atoms with Crippen LogP contribution in [0.1, 0.15) is 20.3 Å². The first-order chi connectivity index (χ1) is 7.80. The zero-order valence-electron chi connectivity index (χ0n) is 10.2. The predicted octanol–water partition coefficient (Wildman–Crippen LogP) is 0.187. The van der Waals surface area contributed by atoms with Crippen molar-refractivity contribution >= 4 is 12.0 Å². The summed E-state index contributed by atoms with van der Waals surface area (Å²) in [4.78, 5) is 21.9. The van der Waals surface area contributed by atoms with Gasteiger partial charge in [-0.25, -0.2) is 4.79 Å². The van der Waals surface area contributed by atoms with Crippen LogP contribution in [0.4, 0.5) is 4.79 Å². The summed E-state index contributed by atoms with van der Waals surface area (Å²) in [5.74, 6) is 1.43. The van der Waals surface area contributed by atoms with Crippen molar-refractivity contribution in [1.29, 1.82) is 0 Å². The van der Waals surface area contributed by atoms with Gasteiger partial charge in [0.25, 0.3) is 0 Å². The number of amides is 2. The van der Waals surface area contributed by atoms with Crippen molar-refractivity contribution in [2.24, 2.45) is 0 Å². The molecule has 1 atom stereocenters. The molecule has 0 aromatic heterocycles. The van der Waals surface area contributed by atoms with Crippen LogP contribution in [-0.4, -0.2) is 42.4 Å². The fraction of sp³-hybridized carbons (Fsp3) is 0.636. The molecule has 2 amide bonds. The van der Waals surface area contributed by atoms with E-state index in [9.17, 15) is 9.59 Å². The summed E-state index contributed by atoms with van der Waals surface area (Å²) in [5.41, 5.74) is -0.751. The highest BCUT2D eigenvalue weighted by atomic mass is 16.5. The standard InChI is InChI=1S/C11H18N2O4/c1-5-11(2,3)13-10(16)12-7-8(17-4)6-9(14)15/h1,8H,6-7H2,2-4H3,(H,14,15)(H2,12,13,16). The molecule has 3 N–H and O–H groups in total. The van der Waals surface area contributed by atoms with E-state index in [-0.39, 0.29) is 13.0 Å². The molecule has 1 unspecified atom stereocenters. The normalized spacial score (nSPS) is 12.4. The third kappa shape index (κ3) is 7.19. The number of nitrogens with one attached hydrogen (secondary N) is 2. The summed E-state index contributed by atoms with van der Waals surface area (Å²) < 4.78 is 4.90. The Morgan fingerprint density at radius 1 is 1.53 bits per heavy atom. The lowest BCUT2D eigenvalue weighted by atomic mass is 10.1. The van der Waals surface area contributed by atoms with Gasteiger partial charge in [0.2, 0.25) is 0 Å². The van der Waals surface area contributed by atoms with Crippen LogP contribution in [0.3, 0.4) is 0 Å². The largest absolute Gasteiger partial charge is 0.481 e. The number of methoxy groups -OCH3 is 1. The van der Waals surface area contributed by atoms with E-state index in [1.807, 2.05) is 0 Å². The Labute approximate surface area is 101 Å². The molecule has 0 aromatic carbocycles. The van der Waals surface area contributed by atoms with Crippen LogP contribution >= 0.6 is 0 Å². The first-order valence-corrected chi connectivity index (χ1v) is 5.09. The lowest BCUT2D eigenvalue weighted by Gasteiger charge is -2.21. The van der Waals surface area contributed by atoms with Crippen molar-refractivity contribution in [2.75, 3.05) is 13.7 Å². The Morgan fingerprint density at radius 2 is 2.12 bits per heavy atom. The predicted molar refractivity (Wildman–Crippen MR) is 62.5 cm³/mol. The second-order valence-electron chi connectivity index (χ2n) is 4.06. The van der Waals surface area contributed by atoms with E-state index >= 15 is 0 Å². The summed E-state index contributed by atoms with van der Waals surface area (Å²) in [6.45, 7) is 3.46. The highest BCUT2D eigenvalue weighted by molar-refractivity contribution is 5.75. The third-order valence-electron chi connectivity index (χ3n) is 2.01. The maximum absolute atomic E-state index is 11.4. The Morgan fingerprint density at radius 3 is 2.53 bits per heavy atom. The number of hydrogen-bond donors (Lipinski definition) is 3. The van der Waals surface area contributed by atoms with Crippen LogP contribution in [0, 0.1) is 12.3 Å². The molecule has 0 saturated carbocycles. The Balaban J connectivity index is 4.06. The van der Waals surface area contributed by atoms with E-state index in [1.165, 1.54) is 7.11 Å². The number of ether oxygens (including phenoxy) is 1. The highest BCUT2D eigenvalue weighted by Gasteiger charge is 2.18. The van der Waals surface area contributed by atoms with Gasteiger partial charge in [-0.1, -0.05) is 5.92 Å². The first-order valence-electron chi connectivity index (χ1n) is 5.09. The SMILES string of the molecule is C#CC(C)(C)NC(=O)NCC(CC(=O)O)OC. The second-order valence-corrected chi connectivity index (χ2v) is 4.06. The summed E-state index contributed by atoms with van der Waals surface area (Å²) in [6, 6.07) is -0.458.